The molecule has 0 spiro atoms. The third kappa shape index (κ3) is 4.19. The first-order valence-electron chi connectivity index (χ1n) is 9.42. The van der Waals surface area contributed by atoms with Gasteiger partial charge in [0.05, 0.1) is 5.75 Å². The summed E-state index contributed by atoms with van der Waals surface area (Å²) in [4.78, 5) is 12.3. The number of furan rings is 1. The molecule has 7 heteroatoms. The summed E-state index contributed by atoms with van der Waals surface area (Å²) in [5.74, 6) is 1.92. The van der Waals surface area contributed by atoms with Gasteiger partial charge in [-0.15, -0.1) is 10.2 Å². The molecule has 2 heterocycles. The van der Waals surface area contributed by atoms with Crippen molar-refractivity contribution in [1.29, 1.82) is 0 Å². The fourth-order valence-electron chi connectivity index (χ4n) is 3.03. The van der Waals surface area contributed by atoms with Gasteiger partial charge in [0.25, 0.3) is 0 Å². The monoisotopic (exact) mass is 406 g/mol. The van der Waals surface area contributed by atoms with Crippen LogP contribution in [0.2, 0.25) is 0 Å². The van der Waals surface area contributed by atoms with Crippen molar-refractivity contribution in [3.05, 3.63) is 60.2 Å². The number of fused-ring (bicyclic) bond motifs is 1. The maximum atomic E-state index is 12.3. The molecule has 29 heavy (non-hydrogen) atoms. The number of anilines is 1. The Balaban J connectivity index is 1.40. The van der Waals surface area contributed by atoms with Crippen molar-refractivity contribution >= 4 is 34.3 Å². The Morgan fingerprint density at radius 1 is 1.14 bits per heavy atom. The fraction of sp³-hybridized carbons (Fsp3) is 0.227. The minimum atomic E-state index is -0.0828. The van der Waals surface area contributed by atoms with Crippen LogP contribution in [-0.2, 0) is 11.8 Å². The summed E-state index contributed by atoms with van der Waals surface area (Å²) in [7, 11) is 1.87. The molecule has 0 unspecified atom stereocenters. The van der Waals surface area contributed by atoms with Crippen molar-refractivity contribution in [3.63, 3.8) is 0 Å². The average Bonchev–Trinajstić information content (AvgIpc) is 3.29. The lowest BCUT2D eigenvalue weighted by atomic mass is 10.0. The summed E-state index contributed by atoms with van der Waals surface area (Å²) in [6, 6.07) is 17.7. The Morgan fingerprint density at radius 2 is 1.90 bits per heavy atom. The van der Waals surface area contributed by atoms with Crippen molar-refractivity contribution in [3.8, 4) is 11.6 Å². The molecule has 0 aliphatic carbocycles. The molecule has 4 aromatic rings. The number of para-hydroxylation sites is 1. The van der Waals surface area contributed by atoms with Crippen molar-refractivity contribution < 1.29 is 9.21 Å². The van der Waals surface area contributed by atoms with Crippen LogP contribution in [0.4, 0.5) is 5.69 Å². The molecule has 1 N–H and O–H groups in total. The molecule has 4 rings (SSSR count). The van der Waals surface area contributed by atoms with E-state index in [0.29, 0.717) is 22.7 Å². The normalized spacial score (nSPS) is 11.3. The highest BCUT2D eigenvalue weighted by Gasteiger charge is 2.16. The summed E-state index contributed by atoms with van der Waals surface area (Å²) in [6.45, 7) is 4.29. The zero-order chi connectivity index (χ0) is 20.4. The summed E-state index contributed by atoms with van der Waals surface area (Å²) in [5, 5.41) is 13.0. The smallest absolute Gasteiger partial charge is 0.234 e. The van der Waals surface area contributed by atoms with E-state index in [0.717, 1.165) is 16.7 Å². The zero-order valence-electron chi connectivity index (χ0n) is 16.5. The first kappa shape index (κ1) is 19.3. The van der Waals surface area contributed by atoms with Gasteiger partial charge in [-0.1, -0.05) is 55.9 Å². The molecule has 0 fully saturated rings. The lowest BCUT2D eigenvalue weighted by molar-refractivity contribution is -0.113. The minimum absolute atomic E-state index is 0.0828. The van der Waals surface area contributed by atoms with Crippen molar-refractivity contribution in [2.24, 2.45) is 7.05 Å². The Labute approximate surface area is 173 Å². The molecule has 2 aromatic carbocycles. The van der Waals surface area contributed by atoms with Gasteiger partial charge in [-0.2, -0.15) is 0 Å². The summed E-state index contributed by atoms with van der Waals surface area (Å²) >= 11 is 1.34. The second-order valence-electron chi connectivity index (χ2n) is 7.13. The number of benzene rings is 2. The van der Waals surface area contributed by atoms with Gasteiger partial charge in [-0.05, 0) is 35.7 Å². The predicted octanol–water partition coefficient (Wildman–Crippen LogP) is 5.08. The van der Waals surface area contributed by atoms with Gasteiger partial charge in [-0.3, -0.25) is 4.79 Å². The average molecular weight is 407 g/mol. The SMILES string of the molecule is CC(C)c1ccc(NC(=O)CSc2nnc(-c3cc4ccccc4o3)n2C)cc1. The summed E-state index contributed by atoms with van der Waals surface area (Å²) in [5.41, 5.74) is 2.85. The van der Waals surface area contributed by atoms with E-state index in [2.05, 4.69) is 29.4 Å². The Hall–Kier alpha value is -3.06. The van der Waals surface area contributed by atoms with Crippen LogP contribution in [-0.4, -0.2) is 26.4 Å². The molecular weight excluding hydrogens is 384 g/mol. The van der Waals surface area contributed by atoms with E-state index >= 15 is 0 Å². The largest absolute Gasteiger partial charge is 0.453 e. The van der Waals surface area contributed by atoms with E-state index < -0.39 is 0 Å². The number of hydrogen-bond acceptors (Lipinski definition) is 5. The fourth-order valence-corrected chi connectivity index (χ4v) is 3.74. The van der Waals surface area contributed by atoms with Gasteiger partial charge in [-0.25, -0.2) is 0 Å². The number of carbonyl (C=O) groups is 1. The van der Waals surface area contributed by atoms with Crippen LogP contribution in [0.3, 0.4) is 0 Å². The first-order chi connectivity index (χ1) is 14.0. The predicted molar refractivity (Wildman–Crippen MR) is 116 cm³/mol. The van der Waals surface area contributed by atoms with E-state index in [9.17, 15) is 4.79 Å². The molecule has 0 saturated carbocycles. The summed E-state index contributed by atoms with van der Waals surface area (Å²) < 4.78 is 7.71. The van der Waals surface area contributed by atoms with Crippen molar-refractivity contribution in [1.82, 2.24) is 14.8 Å². The maximum absolute atomic E-state index is 12.3. The number of nitrogens with zero attached hydrogens (tertiary/aromatic N) is 3. The molecule has 0 bridgehead atoms. The van der Waals surface area contributed by atoms with Crippen LogP contribution < -0.4 is 5.32 Å². The molecule has 148 valence electrons. The third-order valence-corrected chi connectivity index (χ3v) is 5.69. The molecule has 0 saturated heterocycles. The minimum Gasteiger partial charge on any atom is -0.453 e. The quantitative estimate of drug-likeness (QED) is 0.452. The van der Waals surface area contributed by atoms with Crippen LogP contribution in [0.15, 0.2) is 64.2 Å². The number of nitrogens with one attached hydrogen (secondary N) is 1. The lowest BCUT2D eigenvalue weighted by Crippen LogP contribution is -2.14. The number of aromatic nitrogens is 3. The van der Waals surface area contributed by atoms with Crippen LogP contribution in [0.1, 0.15) is 25.3 Å². The Kier molecular flexibility index (Phi) is 5.40. The highest BCUT2D eigenvalue weighted by molar-refractivity contribution is 7.99. The maximum Gasteiger partial charge on any atom is 0.234 e. The standard InChI is InChI=1S/C22H22N4O2S/c1-14(2)15-8-10-17(11-9-15)23-20(27)13-29-22-25-24-21(26(22)3)19-12-16-6-4-5-7-18(16)28-19/h4-12,14H,13H2,1-3H3,(H,23,27). The highest BCUT2D eigenvalue weighted by atomic mass is 32.2. The number of amides is 1. The van der Waals surface area contributed by atoms with E-state index in [1.165, 1.54) is 17.3 Å². The molecule has 0 radical (unpaired) electrons. The zero-order valence-corrected chi connectivity index (χ0v) is 17.4. The van der Waals surface area contributed by atoms with Crippen LogP contribution in [0.5, 0.6) is 0 Å². The van der Waals surface area contributed by atoms with E-state index in [4.69, 9.17) is 4.42 Å². The number of carbonyl (C=O) groups excluding carboxylic acids is 1. The topological polar surface area (TPSA) is 73.0 Å². The Bertz CT molecular complexity index is 1110. The molecule has 2 aromatic heterocycles. The van der Waals surface area contributed by atoms with Gasteiger partial charge >= 0.3 is 0 Å². The second-order valence-corrected chi connectivity index (χ2v) is 8.07. The highest BCUT2D eigenvalue weighted by Crippen LogP contribution is 2.28. The van der Waals surface area contributed by atoms with Gasteiger partial charge < -0.3 is 14.3 Å². The number of thioether (sulfide) groups is 1. The van der Waals surface area contributed by atoms with E-state index in [-0.39, 0.29) is 11.7 Å². The van der Waals surface area contributed by atoms with E-state index in [1.807, 2.05) is 66.2 Å². The Morgan fingerprint density at radius 3 is 2.62 bits per heavy atom. The number of rotatable bonds is 6. The molecule has 0 aliphatic heterocycles. The second kappa shape index (κ2) is 8.13. The van der Waals surface area contributed by atoms with E-state index in [1.54, 1.807) is 0 Å². The van der Waals surface area contributed by atoms with Crippen LogP contribution in [0.25, 0.3) is 22.6 Å². The van der Waals surface area contributed by atoms with Crippen molar-refractivity contribution in [2.75, 3.05) is 11.1 Å². The third-order valence-electron chi connectivity index (χ3n) is 4.67. The van der Waals surface area contributed by atoms with Crippen LogP contribution in [0, 0.1) is 0 Å². The van der Waals surface area contributed by atoms with Crippen LogP contribution >= 0.6 is 11.8 Å². The molecular formula is C22H22N4O2S. The summed E-state index contributed by atoms with van der Waals surface area (Å²) in [6.07, 6.45) is 0. The molecule has 6 nitrogen and oxygen atoms in total. The van der Waals surface area contributed by atoms with Gasteiger partial charge in [0.15, 0.2) is 16.7 Å². The van der Waals surface area contributed by atoms with Gasteiger partial charge in [0.1, 0.15) is 5.58 Å². The van der Waals surface area contributed by atoms with Gasteiger partial charge in [0.2, 0.25) is 5.91 Å². The first-order valence-corrected chi connectivity index (χ1v) is 10.4. The van der Waals surface area contributed by atoms with Crippen molar-refractivity contribution in [2.45, 2.75) is 24.9 Å². The van der Waals surface area contributed by atoms with Gasteiger partial charge in [0, 0.05) is 18.1 Å². The molecule has 0 atom stereocenters. The molecule has 1 amide bonds. The number of hydrogen-bond donors (Lipinski definition) is 1. The molecule has 0 aliphatic rings. The lowest BCUT2D eigenvalue weighted by Gasteiger charge is -2.08.